The summed E-state index contributed by atoms with van der Waals surface area (Å²) in [6.07, 6.45) is 4.87. The van der Waals surface area contributed by atoms with Crippen LogP contribution in [0.25, 0.3) is 6.08 Å². The summed E-state index contributed by atoms with van der Waals surface area (Å²) in [5, 5.41) is 2.60. The molecule has 1 aromatic heterocycles. The molecular formula is C10H11FN2O. The van der Waals surface area contributed by atoms with Crippen LogP contribution in [0.2, 0.25) is 0 Å². The van der Waals surface area contributed by atoms with Crippen molar-refractivity contribution in [2.45, 2.75) is 6.92 Å². The Morgan fingerprint density at radius 2 is 2.50 bits per heavy atom. The molecule has 1 rings (SSSR count). The first kappa shape index (κ1) is 10.4. The van der Waals surface area contributed by atoms with Gasteiger partial charge in [0.05, 0.1) is 0 Å². The molecule has 1 amide bonds. The monoisotopic (exact) mass is 194 g/mol. The number of nitrogens with zero attached hydrogens (tertiary/aromatic N) is 1. The lowest BCUT2D eigenvalue weighted by molar-refractivity contribution is -0.118. The average molecular weight is 194 g/mol. The van der Waals surface area contributed by atoms with E-state index in [1.54, 1.807) is 18.2 Å². The van der Waals surface area contributed by atoms with Crippen molar-refractivity contribution in [3.05, 3.63) is 35.9 Å². The van der Waals surface area contributed by atoms with Gasteiger partial charge in [0, 0.05) is 25.7 Å². The van der Waals surface area contributed by atoms with E-state index in [9.17, 15) is 9.18 Å². The number of halogens is 1. The van der Waals surface area contributed by atoms with Crippen molar-refractivity contribution in [2.75, 3.05) is 6.54 Å². The summed E-state index contributed by atoms with van der Waals surface area (Å²) < 4.78 is 12.6. The number of carbonyl (C=O) groups excluding carboxylic acids is 1. The van der Waals surface area contributed by atoms with Crippen molar-refractivity contribution in [3.8, 4) is 0 Å². The maximum atomic E-state index is 12.6. The maximum absolute atomic E-state index is 12.6. The van der Waals surface area contributed by atoms with Crippen LogP contribution in [-0.2, 0) is 4.79 Å². The highest BCUT2D eigenvalue weighted by molar-refractivity contribution is 5.73. The molecule has 0 saturated carbocycles. The van der Waals surface area contributed by atoms with E-state index < -0.39 is 5.95 Å². The number of carbonyl (C=O) groups is 1. The topological polar surface area (TPSA) is 42.0 Å². The van der Waals surface area contributed by atoms with Crippen LogP contribution >= 0.6 is 0 Å². The summed E-state index contributed by atoms with van der Waals surface area (Å²) >= 11 is 0. The second-order valence-corrected chi connectivity index (χ2v) is 2.75. The SMILES string of the molecule is CC(=O)NCC=Cc1ccnc(F)c1. The molecule has 14 heavy (non-hydrogen) atoms. The fourth-order valence-corrected chi connectivity index (χ4v) is 0.919. The van der Waals surface area contributed by atoms with E-state index in [4.69, 9.17) is 0 Å². The second kappa shape index (κ2) is 5.11. The molecule has 0 spiro atoms. The minimum absolute atomic E-state index is 0.0874. The number of rotatable bonds is 3. The first-order valence-electron chi connectivity index (χ1n) is 4.21. The number of hydrogen-bond acceptors (Lipinski definition) is 2. The van der Waals surface area contributed by atoms with Gasteiger partial charge in [-0.15, -0.1) is 0 Å². The first-order valence-corrected chi connectivity index (χ1v) is 4.21. The van der Waals surface area contributed by atoms with E-state index in [2.05, 4.69) is 10.3 Å². The predicted octanol–water partition coefficient (Wildman–Crippen LogP) is 1.37. The molecule has 0 unspecified atom stereocenters. The minimum atomic E-state index is -0.508. The molecule has 0 saturated heterocycles. The van der Waals surface area contributed by atoms with Crippen molar-refractivity contribution in [1.82, 2.24) is 10.3 Å². The lowest BCUT2D eigenvalue weighted by Crippen LogP contribution is -2.19. The molecule has 3 nitrogen and oxygen atoms in total. The molecular weight excluding hydrogens is 183 g/mol. The largest absolute Gasteiger partial charge is 0.353 e. The van der Waals surface area contributed by atoms with Gasteiger partial charge in [-0.3, -0.25) is 4.79 Å². The number of hydrogen-bond donors (Lipinski definition) is 1. The van der Waals surface area contributed by atoms with Gasteiger partial charge < -0.3 is 5.32 Å². The highest BCUT2D eigenvalue weighted by Gasteiger charge is 1.91. The summed E-state index contributed by atoms with van der Waals surface area (Å²) in [5.74, 6) is -0.595. The molecule has 0 fully saturated rings. The Balaban J connectivity index is 2.47. The van der Waals surface area contributed by atoms with Crippen LogP contribution in [0.1, 0.15) is 12.5 Å². The van der Waals surface area contributed by atoms with Crippen LogP contribution in [0.5, 0.6) is 0 Å². The predicted molar refractivity (Wildman–Crippen MR) is 51.9 cm³/mol. The van der Waals surface area contributed by atoms with Crippen molar-refractivity contribution < 1.29 is 9.18 Å². The van der Waals surface area contributed by atoms with Crippen LogP contribution in [0.4, 0.5) is 4.39 Å². The van der Waals surface area contributed by atoms with Crippen molar-refractivity contribution in [1.29, 1.82) is 0 Å². The summed E-state index contributed by atoms with van der Waals surface area (Å²) in [5.41, 5.74) is 0.725. The summed E-state index contributed by atoms with van der Waals surface area (Å²) in [6, 6.07) is 3.01. The fourth-order valence-electron chi connectivity index (χ4n) is 0.919. The molecule has 4 heteroatoms. The van der Waals surface area contributed by atoms with E-state index in [0.29, 0.717) is 6.54 Å². The highest BCUT2D eigenvalue weighted by atomic mass is 19.1. The Labute approximate surface area is 81.7 Å². The van der Waals surface area contributed by atoms with Crippen molar-refractivity contribution in [2.24, 2.45) is 0 Å². The van der Waals surface area contributed by atoms with Gasteiger partial charge in [0.15, 0.2) is 0 Å². The molecule has 1 aromatic rings. The van der Waals surface area contributed by atoms with Gasteiger partial charge in [-0.25, -0.2) is 4.98 Å². The Kier molecular flexibility index (Phi) is 3.79. The number of amides is 1. The smallest absolute Gasteiger partial charge is 0.217 e. The lowest BCUT2D eigenvalue weighted by Gasteiger charge is -1.95. The summed E-state index contributed by atoms with van der Waals surface area (Å²) in [4.78, 5) is 13.9. The van der Waals surface area contributed by atoms with E-state index in [-0.39, 0.29) is 5.91 Å². The molecule has 1 N–H and O–H groups in total. The van der Waals surface area contributed by atoms with Crippen LogP contribution in [0.15, 0.2) is 24.4 Å². The van der Waals surface area contributed by atoms with E-state index in [1.165, 1.54) is 19.2 Å². The molecule has 0 aliphatic heterocycles. The number of nitrogens with one attached hydrogen (secondary N) is 1. The molecule has 0 atom stereocenters. The third-order valence-electron chi connectivity index (χ3n) is 1.53. The number of aromatic nitrogens is 1. The summed E-state index contributed by atoms with van der Waals surface area (Å²) in [6.45, 7) is 1.89. The van der Waals surface area contributed by atoms with Crippen LogP contribution in [0.3, 0.4) is 0 Å². The van der Waals surface area contributed by atoms with Crippen molar-refractivity contribution in [3.63, 3.8) is 0 Å². The van der Waals surface area contributed by atoms with Gasteiger partial charge in [0.2, 0.25) is 11.9 Å². The Morgan fingerprint density at radius 3 is 3.14 bits per heavy atom. The average Bonchev–Trinajstić information content (AvgIpc) is 2.12. The van der Waals surface area contributed by atoms with Crippen LogP contribution < -0.4 is 5.32 Å². The van der Waals surface area contributed by atoms with Crippen molar-refractivity contribution >= 4 is 12.0 Å². The minimum Gasteiger partial charge on any atom is -0.353 e. The highest BCUT2D eigenvalue weighted by Crippen LogP contribution is 2.01. The summed E-state index contributed by atoms with van der Waals surface area (Å²) in [7, 11) is 0. The van der Waals surface area contributed by atoms with Gasteiger partial charge in [-0.05, 0) is 11.6 Å². The quantitative estimate of drug-likeness (QED) is 0.738. The Morgan fingerprint density at radius 1 is 1.71 bits per heavy atom. The molecule has 74 valence electrons. The normalized spacial score (nSPS) is 10.4. The van der Waals surface area contributed by atoms with Gasteiger partial charge >= 0.3 is 0 Å². The molecule has 0 radical (unpaired) electrons. The molecule has 0 aromatic carbocycles. The van der Waals surface area contributed by atoms with Gasteiger partial charge in [0.1, 0.15) is 0 Å². The van der Waals surface area contributed by atoms with Crippen LogP contribution in [-0.4, -0.2) is 17.4 Å². The van der Waals surface area contributed by atoms with Crippen LogP contribution in [0, 0.1) is 5.95 Å². The third kappa shape index (κ3) is 3.80. The molecule has 0 aliphatic rings. The molecule has 0 bridgehead atoms. The zero-order chi connectivity index (χ0) is 10.4. The number of pyridine rings is 1. The van der Waals surface area contributed by atoms with Gasteiger partial charge in [0.25, 0.3) is 0 Å². The maximum Gasteiger partial charge on any atom is 0.217 e. The van der Waals surface area contributed by atoms with E-state index in [1.807, 2.05) is 0 Å². The standard InChI is InChI=1S/C10H11FN2O/c1-8(14)12-5-2-3-9-4-6-13-10(11)7-9/h2-4,6-7H,5H2,1H3,(H,12,14). The third-order valence-corrected chi connectivity index (χ3v) is 1.53. The van der Waals surface area contributed by atoms with E-state index >= 15 is 0 Å². The zero-order valence-electron chi connectivity index (χ0n) is 7.83. The first-order chi connectivity index (χ1) is 6.68. The lowest BCUT2D eigenvalue weighted by atomic mass is 10.2. The second-order valence-electron chi connectivity index (χ2n) is 2.75. The molecule has 0 aliphatic carbocycles. The fraction of sp³-hybridized carbons (Fsp3) is 0.200. The van der Waals surface area contributed by atoms with Gasteiger partial charge in [-0.2, -0.15) is 4.39 Å². The van der Waals surface area contributed by atoms with Gasteiger partial charge in [-0.1, -0.05) is 12.2 Å². The zero-order valence-corrected chi connectivity index (χ0v) is 7.83. The van der Waals surface area contributed by atoms with E-state index in [0.717, 1.165) is 5.56 Å². The molecule has 1 heterocycles. The Hall–Kier alpha value is -1.71. The Bertz CT molecular complexity index is 350.